The summed E-state index contributed by atoms with van der Waals surface area (Å²) in [7, 11) is 0. The van der Waals surface area contributed by atoms with Gasteiger partial charge >= 0.3 is 6.09 Å². The van der Waals surface area contributed by atoms with Gasteiger partial charge in [-0.1, -0.05) is 0 Å². The van der Waals surface area contributed by atoms with Crippen LogP contribution in [0.25, 0.3) is 0 Å². The van der Waals surface area contributed by atoms with Crippen LogP contribution in [-0.4, -0.2) is 18.5 Å². The van der Waals surface area contributed by atoms with Crippen LogP contribution in [0.3, 0.4) is 0 Å². The van der Waals surface area contributed by atoms with E-state index in [1.165, 1.54) is 6.92 Å². The molecule has 0 aliphatic heterocycles. The summed E-state index contributed by atoms with van der Waals surface area (Å²) in [5.74, 6) is -0.161. The molecule has 0 radical (unpaired) electrons. The number of nitrogens with one attached hydrogen (secondary N) is 2. The Kier molecular flexibility index (Phi) is 8.23. The minimum Gasteiger partial charge on any atom is -0.319 e. The lowest BCUT2D eigenvalue weighted by molar-refractivity contribution is -0.159. The van der Waals surface area contributed by atoms with Gasteiger partial charge in [-0.15, -0.1) is 12.4 Å². The van der Waals surface area contributed by atoms with Crippen LogP contribution >= 0.6 is 12.4 Å². The first kappa shape index (κ1) is 12.7. The number of halogens is 1. The summed E-state index contributed by atoms with van der Waals surface area (Å²) in [6, 6.07) is 0. The average molecular weight is 183 g/mol. The summed E-state index contributed by atoms with van der Waals surface area (Å²) in [5.41, 5.74) is 0. The molecule has 1 amide bonds. The molecule has 66 valence electrons. The van der Waals surface area contributed by atoms with E-state index in [2.05, 4.69) is 15.1 Å². The first-order valence-corrected chi connectivity index (χ1v) is 2.84. The summed E-state index contributed by atoms with van der Waals surface area (Å²) in [4.78, 5) is 18.6. The molecule has 0 saturated carbocycles. The predicted octanol–water partition coefficient (Wildman–Crippen LogP) is 1.08. The fourth-order valence-electron chi connectivity index (χ4n) is 0.274. The monoisotopic (exact) mass is 182 g/mol. The van der Waals surface area contributed by atoms with Crippen molar-refractivity contribution in [3.05, 3.63) is 0 Å². The van der Waals surface area contributed by atoms with Crippen molar-refractivity contribution in [3.8, 4) is 0 Å². The molecule has 0 aromatic rings. The van der Waals surface area contributed by atoms with Gasteiger partial charge in [0, 0.05) is 13.5 Å². The minimum absolute atomic E-state index is 0. The van der Waals surface area contributed by atoms with Gasteiger partial charge < -0.3 is 5.32 Å². The first-order valence-electron chi connectivity index (χ1n) is 2.84. The lowest BCUT2D eigenvalue weighted by atomic mass is 10.8. The standard InChI is InChI=1S/C5H10N2O3.ClH/c1-3-7-5(8)10-9-4(2)6;/h6H,3H2,1-2H3,(H,7,8);1H. The Labute approximate surface area is 70.9 Å². The molecule has 0 unspecified atom stereocenters. The molecule has 0 atom stereocenters. The lowest BCUT2D eigenvalue weighted by Crippen LogP contribution is -2.24. The molecule has 0 aromatic heterocycles. The number of amides is 1. The van der Waals surface area contributed by atoms with Gasteiger partial charge in [0.05, 0.1) is 0 Å². The van der Waals surface area contributed by atoms with Crippen molar-refractivity contribution >= 4 is 24.4 Å². The van der Waals surface area contributed by atoms with Crippen molar-refractivity contribution in [2.75, 3.05) is 6.54 Å². The molecule has 0 aliphatic rings. The van der Waals surface area contributed by atoms with Crippen LogP contribution in [0, 0.1) is 5.41 Å². The minimum atomic E-state index is -0.686. The normalized spacial score (nSPS) is 7.45. The van der Waals surface area contributed by atoms with Gasteiger partial charge in [0.15, 0.2) is 0 Å². The molecule has 6 heteroatoms. The highest BCUT2D eigenvalue weighted by atomic mass is 35.5. The molecule has 0 fully saturated rings. The summed E-state index contributed by atoms with van der Waals surface area (Å²) in [6.07, 6.45) is -0.686. The fraction of sp³-hybridized carbons (Fsp3) is 0.600. The third-order valence-electron chi connectivity index (χ3n) is 0.563. The summed E-state index contributed by atoms with van der Waals surface area (Å²) in [6.45, 7) is 3.58. The molecule has 0 aliphatic carbocycles. The second-order valence-corrected chi connectivity index (χ2v) is 1.54. The SMILES string of the molecule is CCNC(=O)OOC(C)=N.Cl. The molecular formula is C5H11ClN2O3. The van der Waals surface area contributed by atoms with E-state index in [4.69, 9.17) is 5.41 Å². The highest BCUT2D eigenvalue weighted by Crippen LogP contribution is 1.80. The zero-order valence-electron chi connectivity index (χ0n) is 6.34. The second-order valence-electron chi connectivity index (χ2n) is 1.54. The molecule has 0 heterocycles. The van der Waals surface area contributed by atoms with E-state index in [0.717, 1.165) is 0 Å². The van der Waals surface area contributed by atoms with E-state index < -0.39 is 6.09 Å². The molecule has 11 heavy (non-hydrogen) atoms. The predicted molar refractivity (Wildman–Crippen MR) is 41.9 cm³/mol. The number of rotatable bonds is 1. The van der Waals surface area contributed by atoms with E-state index >= 15 is 0 Å². The summed E-state index contributed by atoms with van der Waals surface area (Å²) < 4.78 is 0. The van der Waals surface area contributed by atoms with E-state index in [9.17, 15) is 4.79 Å². The topological polar surface area (TPSA) is 71.4 Å². The highest BCUT2D eigenvalue weighted by molar-refractivity contribution is 5.85. The molecule has 2 N–H and O–H groups in total. The average Bonchev–Trinajstić information content (AvgIpc) is 1.85. The molecule has 0 spiro atoms. The van der Waals surface area contributed by atoms with E-state index in [1.54, 1.807) is 6.92 Å². The van der Waals surface area contributed by atoms with Crippen LogP contribution in [0.5, 0.6) is 0 Å². The van der Waals surface area contributed by atoms with E-state index in [-0.39, 0.29) is 18.3 Å². The van der Waals surface area contributed by atoms with Crippen LogP contribution in [-0.2, 0) is 9.78 Å². The molecule has 0 saturated heterocycles. The maximum atomic E-state index is 10.4. The Morgan fingerprint density at radius 1 is 1.55 bits per heavy atom. The van der Waals surface area contributed by atoms with Crippen molar-refractivity contribution in [2.45, 2.75) is 13.8 Å². The summed E-state index contributed by atoms with van der Waals surface area (Å²) >= 11 is 0. The smallest absolute Gasteiger partial charge is 0.319 e. The number of hydrogen-bond donors (Lipinski definition) is 2. The number of carbonyl (C=O) groups excluding carboxylic acids is 1. The largest absolute Gasteiger partial charge is 0.450 e. The van der Waals surface area contributed by atoms with E-state index in [0.29, 0.717) is 6.54 Å². The van der Waals surface area contributed by atoms with Crippen molar-refractivity contribution < 1.29 is 14.6 Å². The van der Waals surface area contributed by atoms with Gasteiger partial charge in [0.25, 0.3) is 0 Å². The van der Waals surface area contributed by atoms with Gasteiger partial charge in [-0.25, -0.2) is 9.68 Å². The number of carbonyl (C=O) groups is 1. The zero-order valence-corrected chi connectivity index (χ0v) is 7.16. The molecule has 5 nitrogen and oxygen atoms in total. The maximum absolute atomic E-state index is 10.4. The summed E-state index contributed by atoms with van der Waals surface area (Å²) in [5, 5.41) is 9.01. The van der Waals surface area contributed by atoms with Crippen molar-refractivity contribution in [2.24, 2.45) is 0 Å². The van der Waals surface area contributed by atoms with Crippen LogP contribution in [0.15, 0.2) is 0 Å². The van der Waals surface area contributed by atoms with Crippen LogP contribution in [0.4, 0.5) is 4.79 Å². The fourth-order valence-corrected chi connectivity index (χ4v) is 0.274. The van der Waals surface area contributed by atoms with Crippen LogP contribution in [0.2, 0.25) is 0 Å². The van der Waals surface area contributed by atoms with Crippen molar-refractivity contribution in [1.29, 1.82) is 5.41 Å². The van der Waals surface area contributed by atoms with Crippen molar-refractivity contribution in [3.63, 3.8) is 0 Å². The van der Waals surface area contributed by atoms with Gasteiger partial charge in [-0.05, 0) is 6.92 Å². The van der Waals surface area contributed by atoms with Crippen LogP contribution < -0.4 is 5.32 Å². The molecule has 0 bridgehead atoms. The van der Waals surface area contributed by atoms with Gasteiger partial charge in [-0.3, -0.25) is 10.3 Å². The lowest BCUT2D eigenvalue weighted by Gasteiger charge is -2.01. The van der Waals surface area contributed by atoms with E-state index in [1.807, 2.05) is 0 Å². The maximum Gasteiger partial charge on any atom is 0.450 e. The van der Waals surface area contributed by atoms with Gasteiger partial charge in [0.1, 0.15) is 0 Å². The van der Waals surface area contributed by atoms with Crippen LogP contribution in [0.1, 0.15) is 13.8 Å². The third kappa shape index (κ3) is 9.03. The van der Waals surface area contributed by atoms with Crippen molar-refractivity contribution in [1.82, 2.24) is 5.32 Å². The Morgan fingerprint density at radius 2 is 2.09 bits per heavy atom. The first-order chi connectivity index (χ1) is 4.66. The Balaban J connectivity index is 0. The van der Waals surface area contributed by atoms with Gasteiger partial charge in [-0.2, -0.15) is 0 Å². The number of hydrogen-bond acceptors (Lipinski definition) is 4. The highest BCUT2D eigenvalue weighted by Gasteiger charge is 1.99. The Hall–Kier alpha value is -0.970. The molecule has 0 rings (SSSR count). The van der Waals surface area contributed by atoms with Gasteiger partial charge in [0.2, 0.25) is 5.90 Å². The molecular weight excluding hydrogens is 172 g/mol. The zero-order chi connectivity index (χ0) is 7.98. The quantitative estimate of drug-likeness (QED) is 0.276. The second kappa shape index (κ2) is 7.14. The Bertz CT molecular complexity index is 140. The Morgan fingerprint density at radius 3 is 2.45 bits per heavy atom. The third-order valence-corrected chi connectivity index (χ3v) is 0.563. The molecule has 0 aromatic carbocycles.